The molecule has 0 aliphatic rings. The highest BCUT2D eigenvalue weighted by molar-refractivity contribution is 9.11. The number of amidine groups is 1. The maximum atomic E-state index is 12.1. The number of nitrogens with one attached hydrogen (secondary N) is 1. The second kappa shape index (κ2) is 6.00. The molecule has 0 saturated carbocycles. The van der Waals surface area contributed by atoms with Gasteiger partial charge in [-0.2, -0.15) is 0 Å². The van der Waals surface area contributed by atoms with Crippen LogP contribution in [0.2, 0.25) is 0 Å². The molecule has 18 heavy (non-hydrogen) atoms. The van der Waals surface area contributed by atoms with Crippen LogP contribution in [0.25, 0.3) is 0 Å². The standard InChI is InChI=1S/C9H11Br2N3O3S/c1-5(9(12)13-15)14-18(16,17)8-4-6(10)2-3-7(8)11/h2-5,14-15H,1H3,(H2,12,13). The monoisotopic (exact) mass is 399 g/mol. The lowest BCUT2D eigenvalue weighted by molar-refractivity contribution is 0.316. The largest absolute Gasteiger partial charge is 0.409 e. The van der Waals surface area contributed by atoms with Gasteiger partial charge in [-0.15, -0.1) is 0 Å². The summed E-state index contributed by atoms with van der Waals surface area (Å²) in [5.74, 6) is -0.218. The van der Waals surface area contributed by atoms with E-state index in [0.29, 0.717) is 8.95 Å². The minimum absolute atomic E-state index is 0.0643. The Balaban J connectivity index is 3.11. The minimum atomic E-state index is -3.77. The molecule has 0 radical (unpaired) electrons. The van der Waals surface area contributed by atoms with Gasteiger partial charge in [-0.1, -0.05) is 21.1 Å². The van der Waals surface area contributed by atoms with Gasteiger partial charge in [-0.25, -0.2) is 13.1 Å². The Labute approximate surface area is 122 Å². The van der Waals surface area contributed by atoms with Crippen molar-refractivity contribution >= 4 is 47.7 Å². The quantitative estimate of drug-likeness (QED) is 0.309. The third kappa shape index (κ3) is 3.67. The number of oxime groups is 1. The molecule has 0 saturated heterocycles. The van der Waals surface area contributed by atoms with Crippen molar-refractivity contribution in [3.05, 3.63) is 27.1 Å². The maximum Gasteiger partial charge on any atom is 0.242 e. The lowest BCUT2D eigenvalue weighted by atomic mass is 10.3. The Morgan fingerprint density at radius 3 is 2.67 bits per heavy atom. The Morgan fingerprint density at radius 1 is 1.50 bits per heavy atom. The van der Waals surface area contributed by atoms with Gasteiger partial charge in [0.15, 0.2) is 5.84 Å². The summed E-state index contributed by atoms with van der Waals surface area (Å²) in [4.78, 5) is 0.0643. The van der Waals surface area contributed by atoms with Gasteiger partial charge in [0, 0.05) is 8.95 Å². The molecule has 0 heterocycles. The second-order valence-electron chi connectivity index (χ2n) is 3.44. The lowest BCUT2D eigenvalue weighted by Gasteiger charge is -2.13. The summed E-state index contributed by atoms with van der Waals surface area (Å²) in [6, 6.07) is 3.94. The van der Waals surface area contributed by atoms with Gasteiger partial charge in [-0.3, -0.25) is 0 Å². The molecular weight excluding hydrogens is 390 g/mol. The molecule has 100 valence electrons. The van der Waals surface area contributed by atoms with E-state index in [2.05, 4.69) is 41.7 Å². The van der Waals surface area contributed by atoms with Crippen LogP contribution < -0.4 is 10.5 Å². The summed E-state index contributed by atoms with van der Waals surface area (Å²) >= 11 is 6.36. The number of benzene rings is 1. The predicted molar refractivity (Wildman–Crippen MR) is 75.0 cm³/mol. The second-order valence-corrected chi connectivity index (χ2v) is 6.89. The van der Waals surface area contributed by atoms with Gasteiger partial charge < -0.3 is 10.9 Å². The number of sulfonamides is 1. The van der Waals surface area contributed by atoms with Crippen LogP contribution in [0.1, 0.15) is 6.92 Å². The topological polar surface area (TPSA) is 105 Å². The fourth-order valence-corrected chi connectivity index (χ4v) is 3.84. The Morgan fingerprint density at radius 2 is 2.11 bits per heavy atom. The summed E-state index contributed by atoms with van der Waals surface area (Å²) < 4.78 is 27.5. The van der Waals surface area contributed by atoms with Crippen LogP contribution in [0, 0.1) is 0 Å². The van der Waals surface area contributed by atoms with Gasteiger partial charge in [-0.05, 0) is 41.1 Å². The third-order valence-electron chi connectivity index (χ3n) is 2.07. The van der Waals surface area contributed by atoms with E-state index in [-0.39, 0.29) is 10.7 Å². The zero-order valence-corrected chi connectivity index (χ0v) is 13.3. The average molecular weight is 401 g/mol. The van der Waals surface area contributed by atoms with Crippen LogP contribution in [0.5, 0.6) is 0 Å². The summed E-state index contributed by atoms with van der Waals surface area (Å²) in [5.41, 5.74) is 5.32. The first-order valence-electron chi connectivity index (χ1n) is 4.72. The summed E-state index contributed by atoms with van der Waals surface area (Å²) in [6.07, 6.45) is 0. The van der Waals surface area contributed by atoms with Crippen molar-refractivity contribution in [2.24, 2.45) is 10.9 Å². The van der Waals surface area contributed by atoms with Gasteiger partial charge in [0.05, 0.1) is 10.9 Å². The van der Waals surface area contributed by atoms with Crippen LogP contribution in [0.4, 0.5) is 0 Å². The number of halogens is 2. The number of rotatable bonds is 4. The number of hydrogen-bond donors (Lipinski definition) is 3. The van der Waals surface area contributed by atoms with Crippen LogP contribution in [-0.2, 0) is 10.0 Å². The van der Waals surface area contributed by atoms with Crippen LogP contribution in [0.15, 0.2) is 37.2 Å². The van der Waals surface area contributed by atoms with Gasteiger partial charge in [0.1, 0.15) is 0 Å². The molecule has 1 unspecified atom stereocenters. The molecule has 0 bridgehead atoms. The van der Waals surface area contributed by atoms with E-state index in [1.54, 1.807) is 12.1 Å². The molecule has 0 fully saturated rings. The maximum absolute atomic E-state index is 12.1. The van der Waals surface area contributed by atoms with Crippen LogP contribution in [0.3, 0.4) is 0 Å². The summed E-state index contributed by atoms with van der Waals surface area (Å²) in [6.45, 7) is 1.47. The Kier molecular flexibility index (Phi) is 5.14. The average Bonchev–Trinajstić information content (AvgIpc) is 2.30. The van der Waals surface area contributed by atoms with E-state index < -0.39 is 16.1 Å². The molecule has 1 aromatic rings. The Hall–Kier alpha value is -0.640. The van der Waals surface area contributed by atoms with Crippen molar-refractivity contribution in [3.63, 3.8) is 0 Å². The first-order valence-corrected chi connectivity index (χ1v) is 7.79. The van der Waals surface area contributed by atoms with E-state index >= 15 is 0 Å². The molecule has 9 heteroatoms. The van der Waals surface area contributed by atoms with E-state index in [1.165, 1.54) is 13.0 Å². The van der Waals surface area contributed by atoms with Crippen molar-refractivity contribution in [1.82, 2.24) is 4.72 Å². The van der Waals surface area contributed by atoms with Crippen molar-refractivity contribution < 1.29 is 13.6 Å². The molecule has 4 N–H and O–H groups in total. The Bertz CT molecular complexity index is 574. The van der Waals surface area contributed by atoms with Gasteiger partial charge >= 0.3 is 0 Å². The van der Waals surface area contributed by atoms with E-state index in [4.69, 9.17) is 10.9 Å². The molecule has 0 aliphatic heterocycles. The van der Waals surface area contributed by atoms with Crippen LogP contribution in [-0.4, -0.2) is 25.5 Å². The molecule has 0 aliphatic carbocycles. The molecule has 1 rings (SSSR count). The molecule has 1 aromatic carbocycles. The molecular formula is C9H11Br2N3O3S. The van der Waals surface area contributed by atoms with Crippen LogP contribution >= 0.6 is 31.9 Å². The first kappa shape index (κ1) is 15.4. The molecule has 0 spiro atoms. The summed E-state index contributed by atoms with van der Waals surface area (Å²) in [5, 5.41) is 11.2. The number of nitrogens with zero attached hydrogens (tertiary/aromatic N) is 1. The van der Waals surface area contributed by atoms with Gasteiger partial charge in [0.2, 0.25) is 10.0 Å². The number of nitrogens with two attached hydrogens (primary N) is 1. The fourth-order valence-electron chi connectivity index (χ4n) is 1.13. The molecule has 1 atom stereocenters. The van der Waals surface area contributed by atoms with Gasteiger partial charge in [0.25, 0.3) is 0 Å². The lowest BCUT2D eigenvalue weighted by Crippen LogP contribution is -2.42. The minimum Gasteiger partial charge on any atom is -0.409 e. The normalized spacial score (nSPS) is 14.5. The summed E-state index contributed by atoms with van der Waals surface area (Å²) in [7, 11) is -3.77. The first-order chi connectivity index (χ1) is 8.27. The smallest absolute Gasteiger partial charge is 0.242 e. The highest BCUT2D eigenvalue weighted by atomic mass is 79.9. The third-order valence-corrected chi connectivity index (χ3v) is 5.10. The predicted octanol–water partition coefficient (Wildman–Crippen LogP) is 1.62. The van der Waals surface area contributed by atoms with Crippen molar-refractivity contribution in [2.45, 2.75) is 17.9 Å². The highest BCUT2D eigenvalue weighted by Crippen LogP contribution is 2.25. The molecule has 0 amide bonds. The van der Waals surface area contributed by atoms with Crippen molar-refractivity contribution in [2.75, 3.05) is 0 Å². The molecule has 6 nitrogen and oxygen atoms in total. The van der Waals surface area contributed by atoms with Crippen molar-refractivity contribution in [1.29, 1.82) is 0 Å². The number of hydrogen-bond acceptors (Lipinski definition) is 4. The SMILES string of the molecule is CC(NS(=O)(=O)c1cc(Br)ccc1Br)/C(N)=N/O. The van der Waals surface area contributed by atoms with Crippen molar-refractivity contribution in [3.8, 4) is 0 Å². The zero-order valence-electron chi connectivity index (χ0n) is 9.26. The fraction of sp³-hybridized carbons (Fsp3) is 0.222. The molecule has 0 aromatic heterocycles. The highest BCUT2D eigenvalue weighted by Gasteiger charge is 2.22. The van der Waals surface area contributed by atoms with E-state index in [0.717, 1.165) is 0 Å². The zero-order chi connectivity index (χ0) is 13.9. The van der Waals surface area contributed by atoms with E-state index in [9.17, 15) is 8.42 Å². The van der Waals surface area contributed by atoms with E-state index in [1.807, 2.05) is 0 Å².